The number of anilines is 1. The minimum Gasteiger partial charge on any atom is -0.398 e. The van der Waals surface area contributed by atoms with E-state index < -0.39 is 0 Å². The second-order valence-electron chi connectivity index (χ2n) is 4.67. The molecule has 4 heteroatoms. The number of pyridine rings is 1. The molecule has 0 atom stereocenters. The van der Waals surface area contributed by atoms with E-state index in [1.54, 1.807) is 18.3 Å². The van der Waals surface area contributed by atoms with E-state index in [1.807, 2.05) is 6.07 Å². The second-order valence-corrected chi connectivity index (χ2v) is 4.67. The summed E-state index contributed by atoms with van der Waals surface area (Å²) < 4.78 is 14.1. The summed E-state index contributed by atoms with van der Waals surface area (Å²) in [5.41, 5.74) is 10.1. The maximum atomic E-state index is 14.1. The number of nitrogens with two attached hydrogens (primary N) is 1. The normalized spacial score (nSPS) is 13.1. The van der Waals surface area contributed by atoms with E-state index in [9.17, 15) is 4.39 Å². The van der Waals surface area contributed by atoms with Crippen molar-refractivity contribution in [1.82, 2.24) is 4.98 Å². The summed E-state index contributed by atoms with van der Waals surface area (Å²) in [7, 11) is 0. The monoisotopic (exact) mass is 253 g/mol. The first kappa shape index (κ1) is 11.7. The summed E-state index contributed by atoms with van der Waals surface area (Å²) in [5, 5.41) is 8.87. The minimum absolute atomic E-state index is 0.202. The van der Waals surface area contributed by atoms with Gasteiger partial charge >= 0.3 is 0 Å². The Hall–Kier alpha value is -2.41. The van der Waals surface area contributed by atoms with Crippen LogP contribution in [0.5, 0.6) is 0 Å². The van der Waals surface area contributed by atoms with Crippen LogP contribution in [0.3, 0.4) is 0 Å². The zero-order valence-corrected chi connectivity index (χ0v) is 10.3. The van der Waals surface area contributed by atoms with Crippen LogP contribution >= 0.6 is 0 Å². The maximum Gasteiger partial charge on any atom is 0.141 e. The van der Waals surface area contributed by atoms with Gasteiger partial charge in [0, 0.05) is 17.4 Å². The van der Waals surface area contributed by atoms with Crippen LogP contribution in [0.1, 0.15) is 23.2 Å². The number of benzene rings is 1. The molecule has 0 radical (unpaired) electrons. The Bertz CT molecular complexity index is 701. The van der Waals surface area contributed by atoms with Crippen LogP contribution in [-0.2, 0) is 12.8 Å². The number of rotatable bonds is 1. The molecular weight excluding hydrogens is 241 g/mol. The van der Waals surface area contributed by atoms with E-state index >= 15 is 0 Å². The summed E-state index contributed by atoms with van der Waals surface area (Å²) in [6, 6.07) is 6.82. The van der Waals surface area contributed by atoms with Crippen molar-refractivity contribution in [3.8, 4) is 17.2 Å². The Morgan fingerprint density at radius 1 is 1.26 bits per heavy atom. The molecule has 0 bridgehead atoms. The van der Waals surface area contributed by atoms with Gasteiger partial charge in [-0.05, 0) is 54.2 Å². The SMILES string of the molecule is N#Cc1cc(-c2cc(F)c3c(c2N)CCC3)ccn1. The van der Waals surface area contributed by atoms with Crippen LogP contribution in [-0.4, -0.2) is 4.98 Å². The predicted octanol–water partition coefficient (Wildman–Crippen LogP) is 2.83. The van der Waals surface area contributed by atoms with Crippen molar-refractivity contribution in [1.29, 1.82) is 5.26 Å². The highest BCUT2D eigenvalue weighted by Gasteiger charge is 2.21. The number of hydrogen-bond donors (Lipinski definition) is 1. The van der Waals surface area contributed by atoms with Crippen LogP contribution in [0.4, 0.5) is 10.1 Å². The zero-order chi connectivity index (χ0) is 13.4. The molecule has 2 N–H and O–H groups in total. The number of fused-ring (bicyclic) bond motifs is 1. The van der Waals surface area contributed by atoms with Gasteiger partial charge in [-0.25, -0.2) is 9.37 Å². The molecule has 0 unspecified atom stereocenters. The Morgan fingerprint density at radius 2 is 2.05 bits per heavy atom. The van der Waals surface area contributed by atoms with Crippen LogP contribution in [0, 0.1) is 17.1 Å². The van der Waals surface area contributed by atoms with Crippen molar-refractivity contribution in [2.75, 3.05) is 5.73 Å². The lowest BCUT2D eigenvalue weighted by Crippen LogP contribution is -2.00. The number of nitrogens with zero attached hydrogens (tertiary/aromatic N) is 2. The van der Waals surface area contributed by atoms with Gasteiger partial charge in [-0.15, -0.1) is 0 Å². The summed E-state index contributed by atoms with van der Waals surface area (Å²) in [4.78, 5) is 3.91. The molecular formula is C15H12FN3. The maximum absolute atomic E-state index is 14.1. The van der Waals surface area contributed by atoms with Crippen molar-refractivity contribution in [2.45, 2.75) is 19.3 Å². The van der Waals surface area contributed by atoms with Crippen LogP contribution in [0.15, 0.2) is 24.4 Å². The molecule has 1 aromatic carbocycles. The van der Waals surface area contributed by atoms with Crippen LogP contribution in [0.25, 0.3) is 11.1 Å². The zero-order valence-electron chi connectivity index (χ0n) is 10.3. The quantitative estimate of drug-likeness (QED) is 0.795. The molecule has 0 spiro atoms. The molecule has 0 amide bonds. The van der Waals surface area contributed by atoms with Gasteiger partial charge in [0.1, 0.15) is 17.6 Å². The highest BCUT2D eigenvalue weighted by molar-refractivity contribution is 5.80. The van der Waals surface area contributed by atoms with Gasteiger partial charge in [0.25, 0.3) is 0 Å². The number of nitriles is 1. The molecule has 1 aliphatic rings. The van der Waals surface area contributed by atoms with Crippen molar-refractivity contribution >= 4 is 5.69 Å². The average Bonchev–Trinajstić information content (AvgIpc) is 2.93. The Labute approximate surface area is 110 Å². The lowest BCUT2D eigenvalue weighted by molar-refractivity contribution is 0.613. The average molecular weight is 253 g/mol. The largest absolute Gasteiger partial charge is 0.398 e. The van der Waals surface area contributed by atoms with Crippen molar-refractivity contribution < 1.29 is 4.39 Å². The molecule has 19 heavy (non-hydrogen) atoms. The van der Waals surface area contributed by atoms with E-state index in [1.165, 1.54) is 6.07 Å². The standard InChI is InChI=1S/C15H12FN3/c16-14-7-13(9-4-5-19-10(6-9)8-17)15(18)12-3-1-2-11(12)14/h4-7H,1-3,18H2. The number of aromatic nitrogens is 1. The molecule has 3 nitrogen and oxygen atoms in total. The van der Waals surface area contributed by atoms with E-state index in [0.717, 1.165) is 36.0 Å². The topological polar surface area (TPSA) is 62.7 Å². The molecule has 1 aromatic heterocycles. The summed E-state index contributed by atoms with van der Waals surface area (Å²) >= 11 is 0. The van der Waals surface area contributed by atoms with Gasteiger partial charge in [-0.2, -0.15) is 5.26 Å². The highest BCUT2D eigenvalue weighted by Crippen LogP contribution is 2.37. The Morgan fingerprint density at radius 3 is 2.84 bits per heavy atom. The minimum atomic E-state index is -0.202. The molecule has 0 aliphatic heterocycles. The number of nitrogen functional groups attached to an aromatic ring is 1. The summed E-state index contributed by atoms with van der Waals surface area (Å²) in [6.45, 7) is 0. The van der Waals surface area contributed by atoms with Gasteiger partial charge < -0.3 is 5.73 Å². The molecule has 1 aliphatic carbocycles. The number of hydrogen-bond acceptors (Lipinski definition) is 3. The predicted molar refractivity (Wildman–Crippen MR) is 70.8 cm³/mol. The van der Waals surface area contributed by atoms with Crippen LogP contribution in [0.2, 0.25) is 0 Å². The second kappa shape index (κ2) is 4.36. The van der Waals surface area contributed by atoms with E-state index in [0.29, 0.717) is 16.9 Å². The Kier molecular flexibility index (Phi) is 2.68. The first-order valence-corrected chi connectivity index (χ1v) is 6.17. The Balaban J connectivity index is 2.21. The third kappa shape index (κ3) is 1.84. The fraction of sp³-hybridized carbons (Fsp3) is 0.200. The van der Waals surface area contributed by atoms with E-state index in [2.05, 4.69) is 4.98 Å². The smallest absolute Gasteiger partial charge is 0.141 e. The van der Waals surface area contributed by atoms with Gasteiger partial charge in [-0.3, -0.25) is 0 Å². The lowest BCUT2D eigenvalue weighted by Gasteiger charge is -2.12. The lowest BCUT2D eigenvalue weighted by atomic mass is 9.97. The molecule has 94 valence electrons. The first-order valence-electron chi connectivity index (χ1n) is 6.17. The van der Waals surface area contributed by atoms with Gasteiger partial charge in [0.2, 0.25) is 0 Å². The fourth-order valence-electron chi connectivity index (χ4n) is 2.66. The van der Waals surface area contributed by atoms with Gasteiger partial charge in [-0.1, -0.05) is 0 Å². The summed E-state index contributed by atoms with van der Waals surface area (Å²) in [5.74, 6) is -0.202. The first-order chi connectivity index (χ1) is 9.20. The van der Waals surface area contributed by atoms with Crippen molar-refractivity contribution in [3.63, 3.8) is 0 Å². The molecule has 2 aromatic rings. The third-order valence-electron chi connectivity index (χ3n) is 3.58. The highest BCUT2D eigenvalue weighted by atomic mass is 19.1. The van der Waals surface area contributed by atoms with Crippen LogP contribution < -0.4 is 5.73 Å². The molecule has 0 saturated carbocycles. The fourth-order valence-corrected chi connectivity index (χ4v) is 2.66. The molecule has 0 saturated heterocycles. The molecule has 0 fully saturated rings. The number of halogens is 1. The summed E-state index contributed by atoms with van der Waals surface area (Å²) in [6.07, 6.45) is 4.06. The van der Waals surface area contributed by atoms with Gasteiger partial charge in [0.15, 0.2) is 0 Å². The third-order valence-corrected chi connectivity index (χ3v) is 3.58. The van der Waals surface area contributed by atoms with Gasteiger partial charge in [0.05, 0.1) is 0 Å². The van der Waals surface area contributed by atoms with Crippen molar-refractivity contribution in [3.05, 3.63) is 47.0 Å². The van der Waals surface area contributed by atoms with E-state index in [4.69, 9.17) is 11.0 Å². The van der Waals surface area contributed by atoms with E-state index in [-0.39, 0.29) is 5.82 Å². The molecule has 1 heterocycles. The van der Waals surface area contributed by atoms with Crippen molar-refractivity contribution in [2.24, 2.45) is 0 Å². The molecule has 3 rings (SSSR count).